The maximum atomic E-state index is 5.40. The molecule has 0 saturated heterocycles. The predicted molar refractivity (Wildman–Crippen MR) is 100 cm³/mol. The first-order valence-electron chi connectivity index (χ1n) is 7.38. The summed E-state index contributed by atoms with van der Waals surface area (Å²) in [5.41, 5.74) is 8.11. The van der Waals surface area contributed by atoms with Gasteiger partial charge in [-0.1, -0.05) is 39.9 Å². The zero-order chi connectivity index (χ0) is 16.9. The Labute approximate surface area is 144 Å². The van der Waals surface area contributed by atoms with Crippen LogP contribution >= 0.6 is 15.9 Å². The van der Waals surface area contributed by atoms with Crippen molar-refractivity contribution >= 4 is 23.8 Å². The highest BCUT2D eigenvalue weighted by Gasteiger charge is 2.08. The van der Waals surface area contributed by atoms with Gasteiger partial charge in [0.25, 0.3) is 0 Å². The maximum absolute atomic E-state index is 5.40. The fourth-order valence-corrected chi connectivity index (χ4v) is 2.81. The molecular weight excluding hydrogens is 335 g/mol. The maximum Gasteiger partial charge on any atom is 0.118 e. The Morgan fingerprint density at radius 1 is 0.818 bits per heavy atom. The predicted octanol–water partition coefficient (Wildman–Crippen LogP) is 5.35. The Morgan fingerprint density at radius 3 is 1.59 bits per heavy atom. The minimum absolute atomic E-state index is 0.587. The quantitative estimate of drug-likeness (QED) is 0.657. The fourth-order valence-electron chi connectivity index (χ4n) is 2.22. The summed E-state index contributed by atoms with van der Waals surface area (Å²) in [5.74, 6) is 0.872. The van der Waals surface area contributed by atoms with Gasteiger partial charge in [0.1, 0.15) is 5.75 Å². The summed E-state index contributed by atoms with van der Waals surface area (Å²) >= 11 is 3.61. The Kier molecular flexibility index (Phi) is 7.21. The van der Waals surface area contributed by atoms with E-state index in [0.29, 0.717) is 6.32 Å². The van der Waals surface area contributed by atoms with Gasteiger partial charge in [-0.3, -0.25) is 0 Å². The third-order valence-corrected chi connectivity index (χ3v) is 5.49. The van der Waals surface area contributed by atoms with Gasteiger partial charge in [0.2, 0.25) is 0 Å². The molecule has 0 amide bonds. The van der Waals surface area contributed by atoms with Crippen LogP contribution in [0.5, 0.6) is 5.75 Å². The molecule has 1 nitrogen and oxygen atoms in total. The lowest BCUT2D eigenvalue weighted by atomic mass is 9.95. The van der Waals surface area contributed by atoms with Crippen LogP contribution in [0.4, 0.5) is 0 Å². The third-order valence-electron chi connectivity index (χ3n) is 4.30. The Balaban J connectivity index is 0.000000224. The van der Waals surface area contributed by atoms with Crippen molar-refractivity contribution in [3.8, 4) is 5.75 Å². The zero-order valence-corrected chi connectivity index (χ0v) is 16.0. The molecule has 0 aromatic heterocycles. The van der Waals surface area contributed by atoms with E-state index in [2.05, 4.69) is 50.5 Å². The number of ether oxygens (including phenoxy) is 1. The first kappa shape index (κ1) is 18.8. The van der Waals surface area contributed by atoms with E-state index in [4.69, 9.17) is 12.6 Å². The molecule has 0 unspecified atom stereocenters. The lowest BCUT2D eigenvalue weighted by Crippen LogP contribution is -1.96. The van der Waals surface area contributed by atoms with E-state index in [0.717, 1.165) is 11.3 Å². The van der Waals surface area contributed by atoms with Crippen molar-refractivity contribution in [2.75, 3.05) is 7.11 Å². The van der Waals surface area contributed by atoms with Gasteiger partial charge >= 0.3 is 0 Å². The average Bonchev–Trinajstić information content (AvgIpc) is 2.57. The number of hydrogen-bond acceptors (Lipinski definition) is 1. The Morgan fingerprint density at radius 2 is 1.23 bits per heavy atom. The van der Waals surface area contributed by atoms with Crippen LogP contribution in [0.15, 0.2) is 28.7 Å². The normalized spacial score (nSPS) is 9.95. The van der Waals surface area contributed by atoms with Gasteiger partial charge in [-0.15, -0.1) is 0 Å². The molecule has 2 radical (unpaired) electrons. The van der Waals surface area contributed by atoms with Crippen LogP contribution in [0.25, 0.3) is 0 Å². The molecule has 0 bridgehead atoms. The molecule has 2 rings (SSSR count). The molecular formula is C19H24BBrO. The highest BCUT2D eigenvalue weighted by Crippen LogP contribution is 2.29. The molecule has 22 heavy (non-hydrogen) atoms. The van der Waals surface area contributed by atoms with Crippen LogP contribution in [0, 0.1) is 34.6 Å². The summed E-state index contributed by atoms with van der Waals surface area (Å²) in [7, 11) is 7.05. The van der Waals surface area contributed by atoms with Gasteiger partial charge in [0, 0.05) is 4.47 Å². The van der Waals surface area contributed by atoms with Crippen LogP contribution in [0.1, 0.15) is 33.4 Å². The van der Waals surface area contributed by atoms with Crippen molar-refractivity contribution in [1.29, 1.82) is 0 Å². The third kappa shape index (κ3) is 4.39. The van der Waals surface area contributed by atoms with Gasteiger partial charge in [-0.05, 0) is 74.6 Å². The fraction of sp³-hybridized carbons (Fsp3) is 0.368. The number of rotatable bonds is 2. The molecule has 116 valence electrons. The SMILES string of the molecule is Cc1c(C)c(C)c(Br)c(C)c1C.[B]Cc1ccc(OC)cc1. The molecule has 0 heterocycles. The second kappa shape index (κ2) is 8.43. The van der Waals surface area contributed by atoms with Crippen molar-refractivity contribution in [2.24, 2.45) is 0 Å². The molecule has 0 atom stereocenters. The summed E-state index contributed by atoms with van der Waals surface area (Å²) in [6.07, 6.45) is 0.587. The topological polar surface area (TPSA) is 9.23 Å². The lowest BCUT2D eigenvalue weighted by molar-refractivity contribution is 0.414. The molecule has 0 spiro atoms. The second-order valence-electron chi connectivity index (χ2n) is 5.49. The van der Waals surface area contributed by atoms with E-state index >= 15 is 0 Å². The molecule has 0 saturated carbocycles. The molecule has 0 N–H and O–H groups in total. The molecule has 3 heteroatoms. The largest absolute Gasteiger partial charge is 0.497 e. The minimum atomic E-state index is 0.587. The highest BCUT2D eigenvalue weighted by molar-refractivity contribution is 9.10. The highest BCUT2D eigenvalue weighted by atomic mass is 79.9. The Bertz CT molecular complexity index is 505. The number of benzene rings is 2. The van der Waals surface area contributed by atoms with Gasteiger partial charge in [0.05, 0.1) is 15.0 Å². The van der Waals surface area contributed by atoms with Crippen LogP contribution < -0.4 is 4.74 Å². The van der Waals surface area contributed by atoms with E-state index in [9.17, 15) is 0 Å². The minimum Gasteiger partial charge on any atom is -0.497 e. The van der Waals surface area contributed by atoms with E-state index in [-0.39, 0.29) is 0 Å². The molecule has 0 aliphatic carbocycles. The van der Waals surface area contributed by atoms with E-state index in [1.807, 2.05) is 24.3 Å². The zero-order valence-electron chi connectivity index (χ0n) is 14.4. The van der Waals surface area contributed by atoms with Gasteiger partial charge in [-0.25, -0.2) is 0 Å². The van der Waals surface area contributed by atoms with Crippen molar-refractivity contribution < 1.29 is 4.74 Å². The van der Waals surface area contributed by atoms with E-state index in [1.54, 1.807) is 7.11 Å². The van der Waals surface area contributed by atoms with Crippen molar-refractivity contribution in [3.63, 3.8) is 0 Å². The lowest BCUT2D eigenvalue weighted by Gasteiger charge is -2.14. The molecule has 0 fully saturated rings. The van der Waals surface area contributed by atoms with Crippen molar-refractivity contribution in [1.82, 2.24) is 0 Å². The molecule has 2 aromatic carbocycles. The summed E-state index contributed by atoms with van der Waals surface area (Å²) in [4.78, 5) is 0. The standard InChI is InChI=1S/C11H15Br.C8H9BO/c1-6-7(2)9(4)11(12)10(5)8(6)3;1-10-8-4-2-7(6-9)3-5-8/h1-5H3;2-5H,6H2,1H3. The van der Waals surface area contributed by atoms with Crippen LogP contribution in [-0.4, -0.2) is 15.0 Å². The van der Waals surface area contributed by atoms with Crippen LogP contribution in [0.2, 0.25) is 0 Å². The number of halogens is 1. The number of methoxy groups -OCH3 is 1. The molecule has 0 aliphatic heterocycles. The van der Waals surface area contributed by atoms with E-state index in [1.165, 1.54) is 32.3 Å². The van der Waals surface area contributed by atoms with Gasteiger partial charge < -0.3 is 4.74 Å². The summed E-state index contributed by atoms with van der Waals surface area (Å²) in [6.45, 7) is 10.9. The van der Waals surface area contributed by atoms with Crippen LogP contribution in [-0.2, 0) is 6.32 Å². The van der Waals surface area contributed by atoms with Gasteiger partial charge in [-0.2, -0.15) is 0 Å². The summed E-state index contributed by atoms with van der Waals surface area (Å²) in [5, 5.41) is 0. The van der Waals surface area contributed by atoms with Crippen molar-refractivity contribution in [2.45, 2.75) is 40.9 Å². The first-order chi connectivity index (χ1) is 10.3. The molecule has 0 aliphatic rings. The first-order valence-corrected chi connectivity index (χ1v) is 8.18. The monoisotopic (exact) mass is 358 g/mol. The Hall–Kier alpha value is -1.22. The molecule has 2 aromatic rings. The van der Waals surface area contributed by atoms with Crippen molar-refractivity contribution in [3.05, 3.63) is 62.1 Å². The summed E-state index contributed by atoms with van der Waals surface area (Å²) < 4.78 is 6.24. The average molecular weight is 359 g/mol. The summed E-state index contributed by atoms with van der Waals surface area (Å²) in [6, 6.07) is 7.72. The second-order valence-corrected chi connectivity index (χ2v) is 6.28. The van der Waals surface area contributed by atoms with Crippen LogP contribution in [0.3, 0.4) is 0 Å². The van der Waals surface area contributed by atoms with E-state index < -0.39 is 0 Å². The van der Waals surface area contributed by atoms with Gasteiger partial charge in [0.15, 0.2) is 0 Å². The number of hydrogen-bond donors (Lipinski definition) is 0. The smallest absolute Gasteiger partial charge is 0.118 e.